The van der Waals surface area contributed by atoms with Gasteiger partial charge < -0.3 is 4.90 Å². The van der Waals surface area contributed by atoms with Crippen molar-refractivity contribution in [1.82, 2.24) is 19.4 Å². The summed E-state index contributed by atoms with van der Waals surface area (Å²) in [6, 6.07) is 18.8. The Morgan fingerprint density at radius 1 is 1.03 bits per heavy atom. The van der Waals surface area contributed by atoms with Crippen molar-refractivity contribution in [3.8, 4) is 5.13 Å². The predicted octanol–water partition coefficient (Wildman–Crippen LogP) is 5.07. The smallest absolute Gasteiger partial charge is 0.194 e. The molecule has 4 aromatic rings. The molecule has 0 amide bonds. The Morgan fingerprint density at radius 2 is 1.93 bits per heavy atom. The Labute approximate surface area is 177 Å². The first-order valence-electron chi connectivity index (χ1n) is 9.73. The standard InChI is InChI=1S/C22H19N5S2/c1-14-13-27-20(19(25-22(27)28-14)16-8-4-5-11-23-16)17-9-6-12-26(17)21-24-15-7-2-3-10-18(15)29-21/h2-12,14,19-20H,13H2,1H3/t14-,19-,20+/m1/s1. The van der Waals surface area contributed by atoms with E-state index in [1.165, 1.54) is 10.4 Å². The first-order chi connectivity index (χ1) is 14.3. The third-order valence-corrected chi connectivity index (χ3v) is 7.59. The first-order valence-corrected chi connectivity index (χ1v) is 11.4. The molecule has 3 aromatic heterocycles. The van der Waals surface area contributed by atoms with Crippen LogP contribution in [0.4, 0.5) is 0 Å². The summed E-state index contributed by atoms with van der Waals surface area (Å²) in [6.45, 7) is 3.27. The van der Waals surface area contributed by atoms with Crippen molar-refractivity contribution in [3.05, 3.63) is 78.4 Å². The van der Waals surface area contributed by atoms with E-state index in [-0.39, 0.29) is 12.1 Å². The van der Waals surface area contributed by atoms with Gasteiger partial charge in [0.25, 0.3) is 0 Å². The number of benzene rings is 1. The van der Waals surface area contributed by atoms with Crippen LogP contribution in [0.5, 0.6) is 0 Å². The van der Waals surface area contributed by atoms with Crippen LogP contribution in [0.25, 0.3) is 15.3 Å². The normalized spacial score (nSPS) is 23.6. The van der Waals surface area contributed by atoms with Gasteiger partial charge in [-0.1, -0.05) is 48.2 Å². The lowest BCUT2D eigenvalue weighted by Gasteiger charge is -2.27. The van der Waals surface area contributed by atoms with Gasteiger partial charge in [-0.2, -0.15) is 0 Å². The highest BCUT2D eigenvalue weighted by atomic mass is 32.2. The van der Waals surface area contributed by atoms with E-state index in [0.29, 0.717) is 5.25 Å². The minimum atomic E-state index is -0.00534. The molecular formula is C22H19N5S2. The highest BCUT2D eigenvalue weighted by Gasteiger charge is 2.44. The largest absolute Gasteiger partial charge is 0.339 e. The van der Waals surface area contributed by atoms with Gasteiger partial charge in [0.05, 0.1) is 27.6 Å². The molecule has 0 saturated carbocycles. The lowest BCUT2D eigenvalue weighted by molar-refractivity contribution is 0.312. The predicted molar refractivity (Wildman–Crippen MR) is 120 cm³/mol. The fourth-order valence-electron chi connectivity index (χ4n) is 4.21. The molecule has 0 bridgehead atoms. The highest BCUT2D eigenvalue weighted by Crippen LogP contribution is 2.48. The Balaban J connectivity index is 1.47. The number of hydrogen-bond acceptors (Lipinski definition) is 6. The van der Waals surface area contributed by atoms with Gasteiger partial charge in [-0.15, -0.1) is 0 Å². The van der Waals surface area contributed by atoms with E-state index in [2.05, 4.69) is 64.0 Å². The Hall–Kier alpha value is -2.64. The molecule has 0 radical (unpaired) electrons. The Bertz CT molecular complexity index is 1180. The molecule has 6 rings (SSSR count). The van der Waals surface area contributed by atoms with Crippen molar-refractivity contribution in [3.63, 3.8) is 0 Å². The van der Waals surface area contributed by atoms with E-state index < -0.39 is 0 Å². The van der Waals surface area contributed by atoms with Gasteiger partial charge in [0.2, 0.25) is 0 Å². The average molecular weight is 418 g/mol. The molecule has 29 heavy (non-hydrogen) atoms. The number of para-hydroxylation sites is 1. The molecule has 0 aliphatic carbocycles. The molecule has 7 heteroatoms. The lowest BCUT2D eigenvalue weighted by atomic mass is 10.0. The second-order valence-corrected chi connectivity index (χ2v) is 9.82. The number of amidine groups is 1. The number of pyridine rings is 1. The number of hydrogen-bond donors (Lipinski definition) is 0. The maximum atomic E-state index is 5.10. The average Bonchev–Trinajstić information content (AvgIpc) is 3.49. The summed E-state index contributed by atoms with van der Waals surface area (Å²) in [7, 11) is 0. The quantitative estimate of drug-likeness (QED) is 0.467. The molecule has 3 atom stereocenters. The molecule has 0 N–H and O–H groups in total. The molecule has 0 spiro atoms. The third kappa shape index (κ3) is 2.80. The van der Waals surface area contributed by atoms with Gasteiger partial charge in [0.15, 0.2) is 10.3 Å². The highest BCUT2D eigenvalue weighted by molar-refractivity contribution is 8.14. The summed E-state index contributed by atoms with van der Waals surface area (Å²) in [6.07, 6.45) is 3.98. The van der Waals surface area contributed by atoms with Crippen molar-refractivity contribution in [2.45, 2.75) is 24.3 Å². The number of nitrogens with zero attached hydrogens (tertiary/aromatic N) is 5. The first kappa shape index (κ1) is 17.2. The molecule has 2 aliphatic heterocycles. The summed E-state index contributed by atoms with van der Waals surface area (Å²) in [5.41, 5.74) is 3.28. The van der Waals surface area contributed by atoms with Gasteiger partial charge in [-0.25, -0.2) is 4.98 Å². The molecule has 2 aliphatic rings. The van der Waals surface area contributed by atoms with E-state index in [1.807, 2.05) is 36.2 Å². The van der Waals surface area contributed by atoms with Gasteiger partial charge in [-0.3, -0.25) is 14.5 Å². The molecule has 5 nitrogen and oxygen atoms in total. The van der Waals surface area contributed by atoms with Gasteiger partial charge >= 0.3 is 0 Å². The van der Waals surface area contributed by atoms with Gasteiger partial charge in [0.1, 0.15) is 6.04 Å². The van der Waals surface area contributed by atoms with Crippen LogP contribution in [0.15, 0.2) is 72.0 Å². The summed E-state index contributed by atoms with van der Waals surface area (Å²) < 4.78 is 3.44. The molecule has 5 heterocycles. The zero-order valence-electron chi connectivity index (χ0n) is 15.8. The van der Waals surface area contributed by atoms with Gasteiger partial charge in [-0.05, 0) is 36.4 Å². The second kappa shape index (κ2) is 6.71. The molecular weight excluding hydrogens is 398 g/mol. The monoisotopic (exact) mass is 417 g/mol. The van der Waals surface area contributed by atoms with Crippen LogP contribution >= 0.6 is 23.1 Å². The van der Waals surface area contributed by atoms with Crippen molar-refractivity contribution >= 4 is 38.5 Å². The van der Waals surface area contributed by atoms with Gasteiger partial charge in [0, 0.05) is 24.2 Å². The topological polar surface area (TPSA) is 46.3 Å². The second-order valence-electron chi connectivity index (χ2n) is 7.40. The molecule has 0 unspecified atom stereocenters. The van der Waals surface area contributed by atoms with Crippen molar-refractivity contribution in [2.24, 2.45) is 4.99 Å². The minimum absolute atomic E-state index is 0.00534. The van der Waals surface area contributed by atoms with E-state index in [4.69, 9.17) is 9.98 Å². The van der Waals surface area contributed by atoms with Crippen LogP contribution in [-0.2, 0) is 0 Å². The Morgan fingerprint density at radius 3 is 2.79 bits per heavy atom. The van der Waals surface area contributed by atoms with Crippen molar-refractivity contribution in [2.75, 3.05) is 6.54 Å². The number of fused-ring (bicyclic) bond motifs is 2. The van der Waals surface area contributed by atoms with Crippen LogP contribution in [-0.4, -0.2) is 36.4 Å². The van der Waals surface area contributed by atoms with Crippen LogP contribution in [0.1, 0.15) is 30.4 Å². The maximum Gasteiger partial charge on any atom is 0.194 e. The van der Waals surface area contributed by atoms with E-state index in [9.17, 15) is 0 Å². The Kier molecular flexibility index (Phi) is 3.99. The number of thioether (sulfide) groups is 1. The van der Waals surface area contributed by atoms with Crippen LogP contribution in [0, 0.1) is 0 Å². The zero-order valence-corrected chi connectivity index (χ0v) is 17.5. The SMILES string of the molecule is C[C@@H]1CN2C(=N[C@H](c3ccccn3)[C@@H]2c2cccn2-c2nc3ccccc3s2)S1. The lowest BCUT2D eigenvalue weighted by Crippen LogP contribution is -2.30. The maximum absolute atomic E-state index is 5.10. The third-order valence-electron chi connectivity index (χ3n) is 5.45. The molecule has 1 aromatic carbocycles. The van der Waals surface area contributed by atoms with Crippen molar-refractivity contribution in [1.29, 1.82) is 0 Å². The summed E-state index contributed by atoms with van der Waals surface area (Å²) >= 11 is 3.59. The van der Waals surface area contributed by atoms with Crippen molar-refractivity contribution < 1.29 is 0 Å². The molecule has 1 saturated heterocycles. The van der Waals surface area contributed by atoms with E-state index in [0.717, 1.165) is 28.1 Å². The van der Waals surface area contributed by atoms with E-state index in [1.54, 1.807) is 11.3 Å². The number of thiazole rings is 1. The van der Waals surface area contributed by atoms with E-state index >= 15 is 0 Å². The number of aliphatic imine (C=N–C) groups is 1. The molecule has 144 valence electrons. The fourth-order valence-corrected chi connectivity index (χ4v) is 6.27. The number of aromatic nitrogens is 3. The van der Waals surface area contributed by atoms with Crippen LogP contribution in [0.3, 0.4) is 0 Å². The summed E-state index contributed by atoms with van der Waals surface area (Å²) in [4.78, 5) is 17.1. The minimum Gasteiger partial charge on any atom is -0.339 e. The fraction of sp³-hybridized carbons (Fsp3) is 0.227. The van der Waals surface area contributed by atoms with Crippen LogP contribution in [0.2, 0.25) is 0 Å². The summed E-state index contributed by atoms with van der Waals surface area (Å²) in [5, 5.41) is 2.68. The van der Waals surface area contributed by atoms with Crippen LogP contribution < -0.4 is 0 Å². The zero-order chi connectivity index (χ0) is 19.4. The molecule has 1 fully saturated rings. The number of rotatable bonds is 3. The summed E-state index contributed by atoms with van der Waals surface area (Å²) in [5.74, 6) is 0.